The zero-order valence-corrected chi connectivity index (χ0v) is 11.4. The van der Waals surface area contributed by atoms with Crippen LogP contribution in [0.3, 0.4) is 0 Å². The summed E-state index contributed by atoms with van der Waals surface area (Å²) in [6, 6.07) is 0. The molecule has 14 heavy (non-hydrogen) atoms. The topological polar surface area (TPSA) is 65.9 Å². The Kier molecular flexibility index (Phi) is 5.31. The number of rotatable bonds is 2. The predicted octanol–water partition coefficient (Wildman–Crippen LogP) is -2.95. The van der Waals surface area contributed by atoms with E-state index in [0.29, 0.717) is 0 Å². The summed E-state index contributed by atoms with van der Waals surface area (Å²) in [5.41, 5.74) is -2.07. The smallest absolute Gasteiger partial charge is 0.543 e. The minimum atomic E-state index is -1.70. The van der Waals surface area contributed by atoms with Gasteiger partial charge < -0.3 is 9.90 Å². The van der Waals surface area contributed by atoms with Gasteiger partial charge in [0.25, 0.3) is 0 Å². The number of carboxylic acids is 1. The van der Waals surface area contributed by atoms with Gasteiger partial charge in [-0.25, -0.2) is 9.37 Å². The van der Waals surface area contributed by atoms with Crippen molar-refractivity contribution in [3.8, 4) is 0 Å². The maximum Gasteiger partial charge on any atom is 1.00 e. The summed E-state index contributed by atoms with van der Waals surface area (Å²) >= 11 is 0. The van der Waals surface area contributed by atoms with Crippen LogP contribution in [0.2, 0.25) is 0 Å². The van der Waals surface area contributed by atoms with Gasteiger partial charge in [-0.3, -0.25) is 4.98 Å². The van der Waals surface area contributed by atoms with Gasteiger partial charge in [-0.1, -0.05) is 0 Å². The van der Waals surface area contributed by atoms with E-state index in [1.807, 2.05) is 0 Å². The summed E-state index contributed by atoms with van der Waals surface area (Å²) in [5, 5.41) is 10.3. The third kappa shape index (κ3) is 3.70. The van der Waals surface area contributed by atoms with Gasteiger partial charge in [0.15, 0.2) is 0 Å². The minimum absolute atomic E-state index is 0. The van der Waals surface area contributed by atoms with Crippen LogP contribution in [0.15, 0.2) is 12.4 Å². The molecule has 0 aliphatic carbocycles. The molecule has 0 bridgehead atoms. The maximum absolute atomic E-state index is 13.2. The summed E-state index contributed by atoms with van der Waals surface area (Å²) in [6.45, 7) is 2.55. The second-order valence-electron chi connectivity index (χ2n) is 3.05. The minimum Gasteiger partial charge on any atom is -0.543 e. The molecule has 1 aromatic heterocycles. The average Bonchev–Trinajstić information content (AvgIpc) is 2.03. The van der Waals surface area contributed by atoms with Gasteiger partial charge in [0.2, 0.25) is 0 Å². The number of carbonyl (C=O) groups is 1. The molecule has 0 spiro atoms. The summed E-state index contributed by atoms with van der Waals surface area (Å²) in [6.07, 6.45) is 2.21. The third-order valence-corrected chi connectivity index (χ3v) is 1.45. The number of nitrogens with zero attached hydrogens (tertiary/aromatic N) is 2. The van der Waals surface area contributed by atoms with E-state index in [9.17, 15) is 14.3 Å². The van der Waals surface area contributed by atoms with Crippen molar-refractivity contribution in [2.75, 3.05) is 0 Å². The molecule has 0 radical (unpaired) electrons. The fourth-order valence-electron chi connectivity index (χ4n) is 0.751. The van der Waals surface area contributed by atoms with Gasteiger partial charge in [0.05, 0.1) is 24.1 Å². The second kappa shape index (κ2) is 5.27. The normalized spacial score (nSPS) is 10.5. The zero-order chi connectivity index (χ0) is 10.1. The predicted molar refractivity (Wildman–Crippen MR) is 40.5 cm³/mol. The monoisotopic (exact) mass is 222 g/mol. The third-order valence-electron chi connectivity index (χ3n) is 1.45. The first-order chi connectivity index (χ1) is 5.91. The Labute approximate surface area is 123 Å². The van der Waals surface area contributed by atoms with E-state index in [0.717, 1.165) is 6.20 Å². The number of carboxylic acid groups (broad SMARTS) is 1. The van der Waals surface area contributed by atoms with Crippen LogP contribution in [-0.4, -0.2) is 15.9 Å². The van der Waals surface area contributed by atoms with Gasteiger partial charge in [-0.05, 0) is 13.8 Å². The number of halogens is 1. The molecule has 0 atom stereocenters. The number of hydrogen-bond donors (Lipinski definition) is 0. The molecule has 0 saturated carbocycles. The van der Waals surface area contributed by atoms with Crippen LogP contribution >= 0.6 is 0 Å². The van der Waals surface area contributed by atoms with Crippen LogP contribution in [0, 0.1) is 0 Å². The molecule has 0 N–H and O–H groups in total. The van der Waals surface area contributed by atoms with Crippen LogP contribution in [0.1, 0.15) is 30.0 Å². The van der Waals surface area contributed by atoms with Crippen molar-refractivity contribution in [1.29, 1.82) is 0 Å². The molecule has 0 unspecified atom stereocenters. The van der Waals surface area contributed by atoms with Crippen LogP contribution in [0.5, 0.6) is 0 Å². The van der Waals surface area contributed by atoms with Crippen molar-refractivity contribution < 1.29 is 65.7 Å². The first-order valence-electron chi connectivity index (χ1n) is 3.64. The number of carbonyl (C=O) groups excluding carboxylic acids is 1. The van der Waals surface area contributed by atoms with E-state index in [-0.39, 0.29) is 62.8 Å². The van der Waals surface area contributed by atoms with Crippen molar-refractivity contribution in [1.82, 2.24) is 9.97 Å². The Morgan fingerprint density at radius 1 is 1.50 bits per heavy atom. The standard InChI is InChI=1S/C8H9FN2O2.K/c1-8(2,9)6-4-10-3-5(11-6)7(12)13;/h3-4H,1-2H3,(H,12,13);/q;+1/p-1. The van der Waals surface area contributed by atoms with E-state index < -0.39 is 11.6 Å². The molecule has 0 aliphatic rings. The van der Waals surface area contributed by atoms with Crippen molar-refractivity contribution >= 4 is 5.97 Å². The fourth-order valence-corrected chi connectivity index (χ4v) is 0.751. The van der Waals surface area contributed by atoms with Crippen LogP contribution in [0.25, 0.3) is 0 Å². The Bertz CT molecular complexity index is 338. The molecule has 4 nitrogen and oxygen atoms in total. The fraction of sp³-hybridized carbons (Fsp3) is 0.375. The quantitative estimate of drug-likeness (QED) is 0.502. The van der Waals surface area contributed by atoms with E-state index in [1.165, 1.54) is 20.0 Å². The summed E-state index contributed by atoms with van der Waals surface area (Å²) in [7, 11) is 0. The number of aromatic nitrogens is 2. The van der Waals surface area contributed by atoms with Gasteiger partial charge >= 0.3 is 51.4 Å². The molecule has 6 heteroatoms. The molecule has 0 aromatic carbocycles. The molecule has 1 rings (SSSR count). The number of alkyl halides is 1. The summed E-state index contributed by atoms with van der Waals surface area (Å²) < 4.78 is 13.2. The van der Waals surface area contributed by atoms with Crippen LogP contribution in [0.4, 0.5) is 4.39 Å². The van der Waals surface area contributed by atoms with Crippen LogP contribution in [-0.2, 0) is 5.67 Å². The molecule has 0 saturated heterocycles. The Morgan fingerprint density at radius 2 is 2.07 bits per heavy atom. The largest absolute Gasteiger partial charge is 1.00 e. The molecule has 0 aliphatic heterocycles. The number of hydrogen-bond acceptors (Lipinski definition) is 4. The second-order valence-corrected chi connectivity index (χ2v) is 3.05. The summed E-state index contributed by atoms with van der Waals surface area (Å²) in [5.74, 6) is -1.46. The Balaban J connectivity index is 0.00000169. The van der Waals surface area contributed by atoms with Crippen molar-refractivity contribution in [2.24, 2.45) is 0 Å². The average molecular weight is 222 g/mol. The van der Waals surface area contributed by atoms with Gasteiger partial charge in [0, 0.05) is 0 Å². The Morgan fingerprint density at radius 3 is 2.50 bits per heavy atom. The first-order valence-corrected chi connectivity index (χ1v) is 3.64. The molecule has 0 fully saturated rings. The van der Waals surface area contributed by atoms with E-state index in [2.05, 4.69) is 9.97 Å². The van der Waals surface area contributed by atoms with Gasteiger partial charge in [-0.2, -0.15) is 0 Å². The maximum atomic E-state index is 13.2. The van der Waals surface area contributed by atoms with Crippen molar-refractivity contribution in [3.63, 3.8) is 0 Å². The molecule has 1 aromatic rings. The van der Waals surface area contributed by atoms with E-state index in [1.54, 1.807) is 0 Å². The zero-order valence-electron chi connectivity index (χ0n) is 8.24. The molecular weight excluding hydrogens is 214 g/mol. The number of aromatic carboxylic acids is 1. The van der Waals surface area contributed by atoms with Gasteiger partial charge in [-0.15, -0.1) is 0 Å². The Hall–Kier alpha value is 0.116. The first kappa shape index (κ1) is 14.1. The van der Waals surface area contributed by atoms with Crippen molar-refractivity contribution in [3.05, 3.63) is 23.8 Å². The SMILES string of the molecule is CC(C)(F)c1cncc(C(=O)[O-])n1.[K+]. The molecule has 1 heterocycles. The van der Waals surface area contributed by atoms with Crippen molar-refractivity contribution in [2.45, 2.75) is 19.5 Å². The molecule has 70 valence electrons. The molecule has 0 amide bonds. The van der Waals surface area contributed by atoms with Crippen LogP contribution < -0.4 is 56.5 Å². The summed E-state index contributed by atoms with van der Waals surface area (Å²) in [4.78, 5) is 17.4. The van der Waals surface area contributed by atoms with Gasteiger partial charge in [0.1, 0.15) is 11.4 Å². The molecular formula is C8H8FKN2O2. The van der Waals surface area contributed by atoms with E-state index >= 15 is 0 Å². The van der Waals surface area contributed by atoms with E-state index in [4.69, 9.17) is 0 Å².